The molecule has 0 saturated carbocycles. The Labute approximate surface area is 107 Å². The molecule has 0 aromatic heterocycles. The number of aliphatic imine (C=N–C) groups is 1. The first kappa shape index (κ1) is 13.3. The van der Waals surface area contributed by atoms with Crippen molar-refractivity contribution in [3.8, 4) is 0 Å². The van der Waals surface area contributed by atoms with Crippen LogP contribution in [0.25, 0.3) is 0 Å². The highest BCUT2D eigenvalue weighted by Crippen LogP contribution is 2.25. The fraction of sp³-hybridized carbons (Fsp3) is 0.308. The molecule has 0 unspecified atom stereocenters. The molecular weight excluding hydrogens is 238 g/mol. The van der Waals surface area contributed by atoms with Crippen LogP contribution >= 0.6 is 23.4 Å². The van der Waals surface area contributed by atoms with Gasteiger partial charge in [-0.2, -0.15) is 0 Å². The van der Waals surface area contributed by atoms with Crippen LogP contribution in [0.2, 0.25) is 5.02 Å². The minimum Gasteiger partial charge on any atom is -0.252 e. The molecule has 16 heavy (non-hydrogen) atoms. The zero-order valence-electron chi connectivity index (χ0n) is 9.88. The Hall–Kier alpha value is -0.730. The molecule has 0 amide bonds. The average molecular weight is 254 g/mol. The summed E-state index contributed by atoms with van der Waals surface area (Å²) in [5.74, 6) is 0.850. The number of hydrogen-bond donors (Lipinski definition) is 0. The van der Waals surface area contributed by atoms with Crippen LogP contribution in [-0.2, 0) is 5.75 Å². The Kier molecular flexibility index (Phi) is 5.10. The van der Waals surface area contributed by atoms with E-state index >= 15 is 0 Å². The molecule has 0 atom stereocenters. The van der Waals surface area contributed by atoms with Gasteiger partial charge in [-0.25, -0.2) is 0 Å². The van der Waals surface area contributed by atoms with Crippen molar-refractivity contribution in [1.82, 2.24) is 0 Å². The van der Waals surface area contributed by atoms with Crippen molar-refractivity contribution in [2.45, 2.75) is 26.5 Å². The first-order chi connectivity index (χ1) is 7.50. The smallest absolute Gasteiger partial charge is 0.0706 e. The zero-order valence-corrected chi connectivity index (χ0v) is 11.5. The van der Waals surface area contributed by atoms with Crippen LogP contribution < -0.4 is 0 Å². The van der Waals surface area contributed by atoms with Crippen LogP contribution in [0.15, 0.2) is 35.5 Å². The third-order valence-electron chi connectivity index (χ3n) is 2.06. The normalized spacial score (nSPS) is 11.6. The molecule has 0 aliphatic carbocycles. The van der Waals surface area contributed by atoms with E-state index in [9.17, 15) is 0 Å². The van der Waals surface area contributed by atoms with Gasteiger partial charge in [0.2, 0.25) is 0 Å². The summed E-state index contributed by atoms with van der Waals surface area (Å²) in [4.78, 5) is 4.29. The number of aryl methyl sites for hydroxylation is 1. The maximum absolute atomic E-state index is 6.21. The Morgan fingerprint density at radius 2 is 2.12 bits per heavy atom. The maximum Gasteiger partial charge on any atom is 0.0706 e. The van der Waals surface area contributed by atoms with E-state index in [-0.39, 0.29) is 0 Å². The van der Waals surface area contributed by atoms with Gasteiger partial charge in [0.05, 0.1) is 5.04 Å². The second kappa shape index (κ2) is 6.12. The summed E-state index contributed by atoms with van der Waals surface area (Å²) in [6.45, 7) is 9.66. The van der Waals surface area contributed by atoms with Crippen molar-refractivity contribution in [2.24, 2.45) is 4.99 Å². The highest BCUT2D eigenvalue weighted by molar-refractivity contribution is 8.13. The van der Waals surface area contributed by atoms with E-state index in [4.69, 9.17) is 11.6 Å². The van der Waals surface area contributed by atoms with Gasteiger partial charge in [0.25, 0.3) is 0 Å². The molecule has 0 bridgehead atoms. The second-order valence-electron chi connectivity index (χ2n) is 3.70. The highest BCUT2D eigenvalue weighted by Gasteiger charge is 2.03. The third-order valence-corrected chi connectivity index (χ3v) is 3.56. The number of rotatable bonds is 3. The summed E-state index contributed by atoms with van der Waals surface area (Å²) < 4.78 is 0. The minimum absolute atomic E-state index is 0.834. The second-order valence-corrected chi connectivity index (χ2v) is 5.25. The molecule has 0 saturated heterocycles. The van der Waals surface area contributed by atoms with Crippen LogP contribution in [0.5, 0.6) is 0 Å². The van der Waals surface area contributed by atoms with E-state index in [1.54, 1.807) is 11.8 Å². The predicted molar refractivity (Wildman–Crippen MR) is 75.4 cm³/mol. The number of nitrogens with zero attached hydrogens (tertiary/aromatic N) is 1. The average Bonchev–Trinajstić information content (AvgIpc) is 2.19. The van der Waals surface area contributed by atoms with Crippen LogP contribution in [0.1, 0.15) is 25.0 Å². The van der Waals surface area contributed by atoms with Gasteiger partial charge >= 0.3 is 0 Å². The number of thioether (sulfide) groups is 1. The summed E-state index contributed by atoms with van der Waals surface area (Å²) in [5, 5.41) is 1.88. The maximum atomic E-state index is 6.21. The van der Waals surface area contributed by atoms with Gasteiger partial charge in [-0.1, -0.05) is 36.4 Å². The lowest BCUT2D eigenvalue weighted by molar-refractivity contribution is 1.33. The molecule has 1 nitrogen and oxygen atoms in total. The van der Waals surface area contributed by atoms with Gasteiger partial charge in [0.15, 0.2) is 0 Å². The predicted octanol–water partition coefficient (Wildman–Crippen LogP) is 4.83. The SMILES string of the molecule is C=C(C)N=C(C)SCc1cccc(C)c1Cl. The monoisotopic (exact) mass is 253 g/mol. The molecule has 1 aromatic rings. The molecule has 1 rings (SSSR count). The van der Waals surface area contributed by atoms with Crippen molar-refractivity contribution in [1.29, 1.82) is 0 Å². The molecule has 1 aromatic carbocycles. The fourth-order valence-corrected chi connectivity index (χ4v) is 2.40. The van der Waals surface area contributed by atoms with Crippen molar-refractivity contribution in [3.63, 3.8) is 0 Å². The molecule has 86 valence electrons. The van der Waals surface area contributed by atoms with E-state index in [1.165, 1.54) is 0 Å². The first-order valence-electron chi connectivity index (χ1n) is 5.08. The lowest BCUT2D eigenvalue weighted by Crippen LogP contribution is -1.90. The standard InChI is InChI=1S/C13H16ClNS/c1-9(2)15-11(4)16-8-12-7-5-6-10(3)13(12)14/h5-7H,1,8H2,2-4H3. The van der Waals surface area contributed by atoms with Gasteiger partial charge in [0, 0.05) is 16.5 Å². The van der Waals surface area contributed by atoms with Gasteiger partial charge in [-0.05, 0) is 31.9 Å². The van der Waals surface area contributed by atoms with Gasteiger partial charge in [-0.3, -0.25) is 4.99 Å². The zero-order chi connectivity index (χ0) is 12.1. The molecule has 0 heterocycles. The van der Waals surface area contributed by atoms with Gasteiger partial charge < -0.3 is 0 Å². The summed E-state index contributed by atoms with van der Waals surface area (Å²) in [6.07, 6.45) is 0. The quantitative estimate of drug-likeness (QED) is 0.555. The molecule has 0 radical (unpaired) electrons. The van der Waals surface area contributed by atoms with Crippen molar-refractivity contribution in [2.75, 3.05) is 0 Å². The number of benzene rings is 1. The Morgan fingerprint density at radius 1 is 1.44 bits per heavy atom. The van der Waals surface area contributed by atoms with Crippen LogP contribution in [0, 0.1) is 6.92 Å². The summed E-state index contributed by atoms with van der Waals surface area (Å²) in [5.41, 5.74) is 3.11. The van der Waals surface area contributed by atoms with Crippen LogP contribution in [0.4, 0.5) is 0 Å². The lowest BCUT2D eigenvalue weighted by Gasteiger charge is -2.06. The fourth-order valence-electron chi connectivity index (χ4n) is 1.30. The molecule has 0 fully saturated rings. The Balaban J connectivity index is 2.68. The van der Waals surface area contributed by atoms with E-state index in [1.807, 2.05) is 32.9 Å². The lowest BCUT2D eigenvalue weighted by atomic mass is 10.2. The third kappa shape index (κ3) is 4.03. The van der Waals surface area contributed by atoms with E-state index in [0.717, 1.165) is 32.6 Å². The van der Waals surface area contributed by atoms with Crippen molar-refractivity contribution in [3.05, 3.63) is 46.6 Å². The molecule has 3 heteroatoms. The van der Waals surface area contributed by atoms with Gasteiger partial charge in [0.1, 0.15) is 0 Å². The minimum atomic E-state index is 0.834. The van der Waals surface area contributed by atoms with Gasteiger partial charge in [-0.15, -0.1) is 11.8 Å². The first-order valence-corrected chi connectivity index (χ1v) is 6.44. The largest absolute Gasteiger partial charge is 0.252 e. The summed E-state index contributed by atoms with van der Waals surface area (Å²) in [6, 6.07) is 6.10. The Bertz CT molecular complexity index is 424. The van der Waals surface area contributed by atoms with E-state index in [2.05, 4.69) is 17.6 Å². The van der Waals surface area contributed by atoms with Crippen LogP contribution in [-0.4, -0.2) is 5.04 Å². The topological polar surface area (TPSA) is 12.4 Å². The number of allylic oxidation sites excluding steroid dienone is 1. The number of halogens is 1. The molecule has 0 aliphatic rings. The Morgan fingerprint density at radius 3 is 2.75 bits per heavy atom. The molecule has 0 N–H and O–H groups in total. The van der Waals surface area contributed by atoms with Crippen LogP contribution in [0.3, 0.4) is 0 Å². The summed E-state index contributed by atoms with van der Waals surface area (Å²) >= 11 is 7.90. The van der Waals surface area contributed by atoms with Crippen molar-refractivity contribution < 1.29 is 0 Å². The summed E-state index contributed by atoms with van der Waals surface area (Å²) in [7, 11) is 0. The molecule has 0 aliphatic heterocycles. The highest BCUT2D eigenvalue weighted by atomic mass is 35.5. The van der Waals surface area contributed by atoms with E-state index < -0.39 is 0 Å². The molecule has 0 spiro atoms. The number of hydrogen-bond acceptors (Lipinski definition) is 2. The van der Waals surface area contributed by atoms with Crippen molar-refractivity contribution >= 4 is 28.4 Å². The van der Waals surface area contributed by atoms with E-state index in [0.29, 0.717) is 0 Å². The molecular formula is C13H16ClNS.